The van der Waals surface area contributed by atoms with Gasteiger partial charge in [0.15, 0.2) is 0 Å². The van der Waals surface area contributed by atoms with E-state index in [1.54, 1.807) is 12.1 Å². The summed E-state index contributed by atoms with van der Waals surface area (Å²) >= 11 is 3.36. The van der Waals surface area contributed by atoms with Crippen LogP contribution in [0.25, 0.3) is 10.8 Å². The Labute approximate surface area is 142 Å². The lowest BCUT2D eigenvalue weighted by molar-refractivity contribution is -0.855. The van der Waals surface area contributed by atoms with Gasteiger partial charge in [-0.25, -0.2) is 4.79 Å². The van der Waals surface area contributed by atoms with Gasteiger partial charge in [-0.2, -0.15) is 17.6 Å². The Bertz CT molecular complexity index is 834. The molecule has 0 heterocycles. The highest BCUT2D eigenvalue weighted by molar-refractivity contribution is 9.10. The lowest BCUT2D eigenvalue weighted by atomic mass is 10.1. The monoisotopic (exact) mass is 370 g/mol. The summed E-state index contributed by atoms with van der Waals surface area (Å²) in [6.07, 6.45) is 0.395. The van der Waals surface area contributed by atoms with Crippen LogP contribution in [-0.4, -0.2) is 5.97 Å². The number of carbonyl (C=O) groups excluding carboxylic acids is 1. The Hall–Kier alpha value is -2.34. The fraction of sp³-hybridized carbons (Fsp3) is 0. The van der Waals surface area contributed by atoms with E-state index < -0.39 is 5.97 Å². The van der Waals surface area contributed by atoms with E-state index in [4.69, 9.17) is 10.6 Å². The van der Waals surface area contributed by atoms with E-state index in [0.29, 0.717) is 11.7 Å². The van der Waals surface area contributed by atoms with Crippen molar-refractivity contribution in [1.82, 2.24) is 0 Å². The maximum atomic E-state index is 12.1. The zero-order valence-corrected chi connectivity index (χ0v) is 13.8. The first kappa shape index (κ1) is 15.6. The van der Waals surface area contributed by atoms with Gasteiger partial charge < -0.3 is 5.73 Å². The number of nitrogens with two attached hydrogens (primary N) is 2. The van der Waals surface area contributed by atoms with E-state index >= 15 is 0 Å². The minimum Gasteiger partial charge on any atom is -0.306 e. The van der Waals surface area contributed by atoms with Crippen molar-refractivity contribution in [3.8, 4) is 0 Å². The van der Waals surface area contributed by atoms with Crippen LogP contribution in [0.5, 0.6) is 0 Å². The molecule has 5 heteroatoms. The number of fused-ring (bicyclic) bond motifs is 1. The van der Waals surface area contributed by atoms with Gasteiger partial charge in [0.2, 0.25) is 0 Å². The van der Waals surface area contributed by atoms with E-state index in [1.807, 2.05) is 54.6 Å². The first-order valence-corrected chi connectivity index (χ1v) is 7.84. The third-order valence-corrected chi connectivity index (χ3v) is 3.98. The maximum Gasteiger partial charge on any atom is 0.396 e. The summed E-state index contributed by atoms with van der Waals surface area (Å²) in [5.41, 5.74) is 8.49. The standard InChI is InChI=1S/C18H15BrN2O2/c19-16-9-7-13(8-10-16)17(20)21-23-18(22)15-6-5-12-3-1-2-4-14(12)11-15/h1-11H,20-21H2. The summed E-state index contributed by atoms with van der Waals surface area (Å²) < 4.78 is 0.960. The van der Waals surface area contributed by atoms with Crippen molar-refractivity contribution in [2.24, 2.45) is 5.73 Å². The molecule has 4 N–H and O–H groups in total. The zero-order chi connectivity index (χ0) is 16.2. The summed E-state index contributed by atoms with van der Waals surface area (Å²) in [6, 6.07) is 20.7. The van der Waals surface area contributed by atoms with Crippen LogP contribution in [-0.2, 0) is 4.84 Å². The molecular weight excluding hydrogens is 356 g/mol. The number of quaternary nitrogens is 1. The molecule has 4 nitrogen and oxygen atoms in total. The van der Waals surface area contributed by atoms with Gasteiger partial charge in [-0.05, 0) is 27.4 Å². The van der Waals surface area contributed by atoms with Crippen LogP contribution in [0.1, 0.15) is 15.9 Å². The molecule has 0 aromatic heterocycles. The Morgan fingerprint density at radius 3 is 2.43 bits per heavy atom. The van der Waals surface area contributed by atoms with E-state index in [-0.39, 0.29) is 0 Å². The maximum absolute atomic E-state index is 12.1. The average molecular weight is 371 g/mol. The quantitative estimate of drug-likeness (QED) is 0.547. The van der Waals surface area contributed by atoms with Gasteiger partial charge >= 0.3 is 5.97 Å². The molecule has 0 aliphatic heterocycles. The smallest absolute Gasteiger partial charge is 0.306 e. The van der Waals surface area contributed by atoms with E-state index in [2.05, 4.69) is 15.9 Å². The number of benzene rings is 3. The van der Waals surface area contributed by atoms with Crippen LogP contribution in [0.15, 0.2) is 71.2 Å². The first-order chi connectivity index (χ1) is 11.1. The SMILES string of the molecule is N[C-]([NH2+]OC(=O)c1ccc2ccccc2c1)c1ccc(Br)cc1. The normalized spacial score (nSPS) is 10.5. The molecule has 3 rings (SSSR count). The van der Waals surface area contributed by atoms with Gasteiger partial charge in [0, 0.05) is 0 Å². The van der Waals surface area contributed by atoms with Crippen molar-refractivity contribution in [3.63, 3.8) is 0 Å². The Morgan fingerprint density at radius 2 is 1.70 bits per heavy atom. The molecule has 0 amide bonds. The number of hydroxylamine groups is 1. The number of rotatable bonds is 4. The molecule has 0 atom stereocenters. The second kappa shape index (κ2) is 6.83. The molecule has 0 saturated carbocycles. The van der Waals surface area contributed by atoms with Crippen LogP contribution < -0.4 is 11.2 Å². The number of carbonyl (C=O) groups is 1. The molecule has 0 aliphatic rings. The predicted octanol–water partition coefficient (Wildman–Crippen LogP) is 2.73. The van der Waals surface area contributed by atoms with Crippen molar-refractivity contribution < 1.29 is 15.1 Å². The van der Waals surface area contributed by atoms with E-state index in [9.17, 15) is 4.79 Å². The van der Waals surface area contributed by atoms with Gasteiger partial charge in [-0.1, -0.05) is 46.3 Å². The molecule has 116 valence electrons. The predicted molar refractivity (Wildman–Crippen MR) is 92.0 cm³/mol. The van der Waals surface area contributed by atoms with Crippen molar-refractivity contribution >= 4 is 32.7 Å². The van der Waals surface area contributed by atoms with Crippen LogP contribution in [0.4, 0.5) is 0 Å². The molecule has 3 aromatic rings. The molecule has 23 heavy (non-hydrogen) atoms. The lowest BCUT2D eigenvalue weighted by Gasteiger charge is -2.15. The highest BCUT2D eigenvalue weighted by Gasteiger charge is 2.12. The van der Waals surface area contributed by atoms with Crippen LogP contribution in [0.2, 0.25) is 0 Å². The molecule has 0 fully saturated rings. The topological polar surface area (TPSA) is 68.9 Å². The van der Waals surface area contributed by atoms with E-state index in [0.717, 1.165) is 20.8 Å². The minimum atomic E-state index is -0.434. The number of hydrogen-bond donors (Lipinski definition) is 2. The largest absolute Gasteiger partial charge is 0.396 e. The number of halogens is 1. The Morgan fingerprint density at radius 1 is 1.00 bits per heavy atom. The zero-order valence-electron chi connectivity index (χ0n) is 12.2. The van der Waals surface area contributed by atoms with E-state index in [1.165, 1.54) is 5.48 Å². The molecule has 0 saturated heterocycles. The van der Waals surface area contributed by atoms with Gasteiger partial charge in [0.05, 0.1) is 5.56 Å². The summed E-state index contributed by atoms with van der Waals surface area (Å²) in [4.78, 5) is 17.3. The second-order valence-electron chi connectivity index (χ2n) is 5.05. The van der Waals surface area contributed by atoms with Crippen molar-refractivity contribution in [2.75, 3.05) is 0 Å². The molecule has 0 spiro atoms. The molecule has 0 aliphatic carbocycles. The molecule has 3 aromatic carbocycles. The van der Waals surface area contributed by atoms with Gasteiger partial charge in [0.25, 0.3) is 0 Å². The Balaban J connectivity index is 1.67. The summed E-state index contributed by atoms with van der Waals surface area (Å²) in [5.74, 6) is -0.434. The Kier molecular flexibility index (Phi) is 4.62. The fourth-order valence-corrected chi connectivity index (χ4v) is 2.48. The molecular formula is C18H15BrN2O2. The summed E-state index contributed by atoms with van der Waals surface area (Å²) in [6.45, 7) is 0. The van der Waals surface area contributed by atoms with Crippen LogP contribution >= 0.6 is 15.9 Å². The highest BCUT2D eigenvalue weighted by atomic mass is 79.9. The van der Waals surface area contributed by atoms with Gasteiger partial charge in [-0.3, -0.25) is 4.84 Å². The summed E-state index contributed by atoms with van der Waals surface area (Å²) in [5, 5.41) is 2.07. The number of hydrogen-bond acceptors (Lipinski definition) is 3. The molecule has 0 unspecified atom stereocenters. The van der Waals surface area contributed by atoms with Crippen LogP contribution in [0, 0.1) is 6.17 Å². The average Bonchev–Trinajstić information content (AvgIpc) is 2.59. The van der Waals surface area contributed by atoms with Crippen molar-refractivity contribution in [3.05, 3.63) is 88.5 Å². The highest BCUT2D eigenvalue weighted by Crippen LogP contribution is 2.16. The first-order valence-electron chi connectivity index (χ1n) is 7.05. The van der Waals surface area contributed by atoms with Crippen LogP contribution in [0.3, 0.4) is 0 Å². The van der Waals surface area contributed by atoms with Crippen molar-refractivity contribution in [2.45, 2.75) is 0 Å². The minimum absolute atomic E-state index is 0.395. The third kappa shape index (κ3) is 3.71. The summed E-state index contributed by atoms with van der Waals surface area (Å²) in [7, 11) is 0. The lowest BCUT2D eigenvalue weighted by Crippen LogP contribution is -2.88. The third-order valence-electron chi connectivity index (χ3n) is 3.46. The molecule has 0 bridgehead atoms. The second-order valence-corrected chi connectivity index (χ2v) is 5.96. The van der Waals surface area contributed by atoms with Crippen molar-refractivity contribution in [1.29, 1.82) is 0 Å². The van der Waals surface area contributed by atoms with Gasteiger partial charge in [0.1, 0.15) is 6.17 Å². The fourth-order valence-electron chi connectivity index (χ4n) is 2.21. The van der Waals surface area contributed by atoms with Gasteiger partial charge in [-0.15, -0.1) is 17.7 Å². The molecule has 0 radical (unpaired) electrons.